The minimum Gasteiger partial charge on any atom is -0.352 e. The highest BCUT2D eigenvalue weighted by Crippen LogP contribution is 2.21. The molecule has 1 fully saturated rings. The number of hydrogen-bond acceptors (Lipinski definition) is 4. The maximum Gasteiger partial charge on any atom is 0.238 e. The van der Waals surface area contributed by atoms with Gasteiger partial charge in [-0.2, -0.15) is 0 Å². The first-order valence-corrected chi connectivity index (χ1v) is 10.9. The molecule has 0 spiro atoms. The minimum absolute atomic E-state index is 0. The fourth-order valence-corrected chi connectivity index (χ4v) is 3.72. The second kappa shape index (κ2) is 10.7. The molecule has 0 bridgehead atoms. The van der Waals surface area contributed by atoms with E-state index in [2.05, 4.69) is 15.6 Å². The van der Waals surface area contributed by atoms with Crippen molar-refractivity contribution in [3.8, 4) is 0 Å². The SMILES string of the molecule is CN=C(NCc1ccc(N2CCCC2=O)cc1)NCc1cccc(S(N)(=O)=O)c1.I. The zero-order valence-corrected chi connectivity index (χ0v) is 19.8. The number of nitrogens with two attached hydrogens (primary N) is 1. The largest absolute Gasteiger partial charge is 0.352 e. The Hall–Kier alpha value is -2.18. The maximum absolute atomic E-state index is 11.8. The van der Waals surface area contributed by atoms with Gasteiger partial charge in [0.2, 0.25) is 15.9 Å². The summed E-state index contributed by atoms with van der Waals surface area (Å²) >= 11 is 0. The number of hydrogen-bond donors (Lipinski definition) is 3. The van der Waals surface area contributed by atoms with Crippen LogP contribution in [0.2, 0.25) is 0 Å². The van der Waals surface area contributed by atoms with Crippen LogP contribution in [0.15, 0.2) is 58.4 Å². The number of primary sulfonamides is 1. The van der Waals surface area contributed by atoms with Crippen molar-refractivity contribution < 1.29 is 13.2 Å². The Morgan fingerprint density at radius 1 is 1.10 bits per heavy atom. The molecule has 0 aliphatic carbocycles. The molecule has 4 N–H and O–H groups in total. The summed E-state index contributed by atoms with van der Waals surface area (Å²) in [5.74, 6) is 0.761. The number of rotatable bonds is 6. The third-order valence-corrected chi connectivity index (χ3v) is 5.60. The van der Waals surface area contributed by atoms with Crippen LogP contribution in [0.3, 0.4) is 0 Å². The van der Waals surface area contributed by atoms with E-state index < -0.39 is 10.0 Å². The van der Waals surface area contributed by atoms with Crippen LogP contribution in [0.5, 0.6) is 0 Å². The zero-order valence-electron chi connectivity index (χ0n) is 16.7. The molecule has 30 heavy (non-hydrogen) atoms. The molecular weight excluding hydrogens is 517 g/mol. The quantitative estimate of drug-likeness (QED) is 0.293. The van der Waals surface area contributed by atoms with Gasteiger partial charge in [0, 0.05) is 38.8 Å². The van der Waals surface area contributed by atoms with Crippen LogP contribution in [0.25, 0.3) is 0 Å². The summed E-state index contributed by atoms with van der Waals surface area (Å²) in [6, 6.07) is 14.3. The average molecular weight is 543 g/mol. The highest BCUT2D eigenvalue weighted by molar-refractivity contribution is 14.0. The first-order valence-electron chi connectivity index (χ1n) is 9.32. The smallest absolute Gasteiger partial charge is 0.238 e. The van der Waals surface area contributed by atoms with Crippen molar-refractivity contribution in [2.24, 2.45) is 10.1 Å². The molecular formula is C20H26IN5O3S. The number of halogens is 1. The molecule has 0 unspecified atom stereocenters. The molecule has 1 saturated heterocycles. The first kappa shape index (κ1) is 24.1. The van der Waals surface area contributed by atoms with Crippen molar-refractivity contribution in [1.82, 2.24) is 10.6 Å². The summed E-state index contributed by atoms with van der Waals surface area (Å²) in [6.07, 6.45) is 1.52. The van der Waals surface area contributed by atoms with E-state index in [0.717, 1.165) is 29.8 Å². The van der Waals surface area contributed by atoms with E-state index in [1.165, 1.54) is 12.1 Å². The van der Waals surface area contributed by atoms with Crippen LogP contribution in [0.4, 0.5) is 5.69 Å². The third kappa shape index (κ3) is 6.41. The molecule has 1 heterocycles. The van der Waals surface area contributed by atoms with E-state index in [1.54, 1.807) is 13.1 Å². The highest BCUT2D eigenvalue weighted by atomic mass is 127. The molecule has 2 aromatic carbocycles. The number of nitrogens with zero attached hydrogens (tertiary/aromatic N) is 2. The first-order chi connectivity index (χ1) is 13.9. The van der Waals surface area contributed by atoms with E-state index in [-0.39, 0.29) is 34.8 Å². The van der Waals surface area contributed by atoms with Crippen molar-refractivity contribution in [2.75, 3.05) is 18.5 Å². The van der Waals surface area contributed by atoms with Crippen molar-refractivity contribution in [3.05, 3.63) is 59.7 Å². The van der Waals surface area contributed by atoms with E-state index in [0.29, 0.717) is 25.5 Å². The van der Waals surface area contributed by atoms with Crippen molar-refractivity contribution in [3.63, 3.8) is 0 Å². The number of nitrogens with one attached hydrogen (secondary N) is 2. The van der Waals surface area contributed by atoms with Crippen molar-refractivity contribution in [1.29, 1.82) is 0 Å². The molecule has 0 saturated carbocycles. The molecule has 162 valence electrons. The fourth-order valence-electron chi connectivity index (χ4n) is 3.14. The second-order valence-electron chi connectivity index (χ2n) is 6.79. The van der Waals surface area contributed by atoms with Gasteiger partial charge in [0.1, 0.15) is 0 Å². The van der Waals surface area contributed by atoms with Gasteiger partial charge in [0.25, 0.3) is 0 Å². The van der Waals surface area contributed by atoms with Crippen LogP contribution < -0.4 is 20.7 Å². The van der Waals surface area contributed by atoms with Gasteiger partial charge in [-0.1, -0.05) is 24.3 Å². The fraction of sp³-hybridized carbons (Fsp3) is 0.300. The highest BCUT2D eigenvalue weighted by Gasteiger charge is 2.21. The van der Waals surface area contributed by atoms with Crippen molar-refractivity contribution in [2.45, 2.75) is 30.8 Å². The Kier molecular flexibility index (Phi) is 8.62. The number of amides is 1. The Morgan fingerprint density at radius 2 is 1.77 bits per heavy atom. The van der Waals surface area contributed by atoms with Gasteiger partial charge in [0.05, 0.1) is 4.90 Å². The lowest BCUT2D eigenvalue weighted by Crippen LogP contribution is -2.36. The summed E-state index contributed by atoms with van der Waals surface area (Å²) in [6.45, 7) is 1.74. The van der Waals surface area contributed by atoms with Gasteiger partial charge in [-0.3, -0.25) is 9.79 Å². The lowest BCUT2D eigenvalue weighted by molar-refractivity contribution is -0.117. The Morgan fingerprint density at radius 3 is 2.33 bits per heavy atom. The van der Waals surface area contributed by atoms with Crippen LogP contribution in [-0.2, 0) is 27.9 Å². The summed E-state index contributed by atoms with van der Waals surface area (Å²) in [5, 5.41) is 11.5. The molecule has 2 aromatic rings. The molecule has 1 amide bonds. The van der Waals surface area contributed by atoms with Crippen LogP contribution in [0.1, 0.15) is 24.0 Å². The Labute approximate surface area is 194 Å². The van der Waals surface area contributed by atoms with Gasteiger partial charge in [-0.05, 0) is 41.8 Å². The predicted octanol–water partition coefficient (Wildman–Crippen LogP) is 1.94. The van der Waals surface area contributed by atoms with Crippen molar-refractivity contribution >= 4 is 51.6 Å². The monoisotopic (exact) mass is 543 g/mol. The lowest BCUT2D eigenvalue weighted by atomic mass is 10.2. The number of guanidine groups is 1. The summed E-state index contributed by atoms with van der Waals surface area (Å²) in [5.41, 5.74) is 2.76. The molecule has 1 aliphatic rings. The molecule has 3 rings (SSSR count). The van der Waals surface area contributed by atoms with E-state index >= 15 is 0 Å². The number of sulfonamides is 1. The standard InChI is InChI=1S/C20H25N5O3S.HI/c1-22-20(24-14-16-4-2-5-18(12-16)29(21,27)28)23-13-15-7-9-17(10-8-15)25-11-3-6-19(25)26;/h2,4-5,7-10,12H,3,6,11,13-14H2,1H3,(H2,21,27,28)(H2,22,23,24);1H. The van der Waals surface area contributed by atoms with Crippen LogP contribution >= 0.6 is 24.0 Å². The second-order valence-corrected chi connectivity index (χ2v) is 8.35. The number of benzene rings is 2. The third-order valence-electron chi connectivity index (χ3n) is 4.69. The van der Waals surface area contributed by atoms with E-state index in [4.69, 9.17) is 5.14 Å². The molecule has 0 radical (unpaired) electrons. The topological polar surface area (TPSA) is 117 Å². The van der Waals surface area contributed by atoms with Gasteiger partial charge < -0.3 is 15.5 Å². The number of carbonyl (C=O) groups is 1. The Balaban J connectivity index is 0.00000320. The molecule has 1 aliphatic heterocycles. The molecule has 8 nitrogen and oxygen atoms in total. The normalized spacial score (nSPS) is 14.4. The van der Waals surface area contributed by atoms with Crippen LogP contribution in [0, 0.1) is 0 Å². The number of anilines is 1. The maximum atomic E-state index is 11.8. The summed E-state index contributed by atoms with van der Waals surface area (Å²) < 4.78 is 22.9. The predicted molar refractivity (Wildman–Crippen MR) is 128 cm³/mol. The van der Waals surface area contributed by atoms with Crippen LogP contribution in [-0.4, -0.2) is 33.9 Å². The number of carbonyl (C=O) groups excluding carboxylic acids is 1. The molecule has 10 heteroatoms. The van der Waals surface area contributed by atoms with Gasteiger partial charge in [0.15, 0.2) is 5.96 Å². The van der Waals surface area contributed by atoms with E-state index in [9.17, 15) is 13.2 Å². The zero-order chi connectivity index (χ0) is 20.9. The van der Waals surface area contributed by atoms with Gasteiger partial charge in [-0.15, -0.1) is 24.0 Å². The lowest BCUT2D eigenvalue weighted by Gasteiger charge is -2.16. The summed E-state index contributed by atoms with van der Waals surface area (Å²) in [4.78, 5) is 17.9. The average Bonchev–Trinajstić information content (AvgIpc) is 3.14. The molecule has 0 aromatic heterocycles. The van der Waals surface area contributed by atoms with Gasteiger partial charge >= 0.3 is 0 Å². The molecule has 0 atom stereocenters. The van der Waals surface area contributed by atoms with Gasteiger partial charge in [-0.25, -0.2) is 13.6 Å². The summed E-state index contributed by atoms with van der Waals surface area (Å²) in [7, 11) is -2.06. The Bertz CT molecular complexity index is 1010. The minimum atomic E-state index is -3.73. The number of aliphatic imine (C=N–C) groups is 1. The van der Waals surface area contributed by atoms with E-state index in [1.807, 2.05) is 35.2 Å².